The summed E-state index contributed by atoms with van der Waals surface area (Å²) < 4.78 is 7.98. The summed E-state index contributed by atoms with van der Waals surface area (Å²) in [6.45, 7) is -0.0576. The molecule has 0 amide bonds. The Morgan fingerprint density at radius 2 is 2.00 bits per heavy atom. The van der Waals surface area contributed by atoms with Gasteiger partial charge in [0.25, 0.3) is 0 Å². The number of hydrogen-bond donors (Lipinski definition) is 0. The average molecular weight is 489 g/mol. The first-order valence-corrected chi connectivity index (χ1v) is 8.60. The molecule has 0 aliphatic rings. The highest BCUT2D eigenvalue weighted by molar-refractivity contribution is 9.12. The van der Waals surface area contributed by atoms with E-state index in [1.54, 1.807) is 18.2 Å². The molecule has 1 aromatic carbocycles. The van der Waals surface area contributed by atoms with Gasteiger partial charge in [0.15, 0.2) is 6.61 Å². The highest BCUT2D eigenvalue weighted by atomic mass is 79.9. The van der Waals surface area contributed by atoms with E-state index < -0.39 is 0 Å². The first-order chi connectivity index (χ1) is 8.97. The lowest BCUT2D eigenvalue weighted by Crippen LogP contribution is -2.11. The lowest BCUT2D eigenvalue weighted by atomic mass is 10.2. The molecule has 1 heterocycles. The Bertz CT molecular complexity index is 627. The normalized spacial score (nSPS) is 10.5. The number of halogens is 4. The van der Waals surface area contributed by atoms with Crippen LogP contribution < -0.4 is 4.74 Å². The number of carbonyl (C=O) groups excluding carboxylic acids is 1. The van der Waals surface area contributed by atoms with Gasteiger partial charge in [-0.3, -0.25) is 4.79 Å². The fourth-order valence-electron chi connectivity index (χ4n) is 1.34. The van der Waals surface area contributed by atoms with Gasteiger partial charge >= 0.3 is 0 Å². The van der Waals surface area contributed by atoms with Crippen molar-refractivity contribution in [3.63, 3.8) is 0 Å². The van der Waals surface area contributed by atoms with E-state index >= 15 is 0 Å². The zero-order valence-corrected chi connectivity index (χ0v) is 15.6. The van der Waals surface area contributed by atoms with Gasteiger partial charge < -0.3 is 4.74 Å². The van der Waals surface area contributed by atoms with Crippen molar-refractivity contribution < 1.29 is 9.53 Å². The number of Topliss-reactive ketones (excluding diaryl/α,β-unsaturated/α-hetero) is 1. The van der Waals surface area contributed by atoms with Crippen LogP contribution in [0.1, 0.15) is 10.4 Å². The van der Waals surface area contributed by atoms with Crippen LogP contribution in [-0.2, 0) is 0 Å². The second-order valence-corrected chi connectivity index (χ2v) is 8.60. The minimum Gasteiger partial charge on any atom is -0.484 e. The van der Waals surface area contributed by atoms with Gasteiger partial charge in [0.1, 0.15) is 5.75 Å². The zero-order valence-electron chi connectivity index (χ0n) is 9.25. The molecule has 0 unspecified atom stereocenters. The van der Waals surface area contributed by atoms with E-state index in [0.29, 0.717) is 16.3 Å². The van der Waals surface area contributed by atoms with E-state index in [0.717, 1.165) is 12.0 Å². The number of rotatable bonds is 4. The Hall–Kier alpha value is 0.120. The van der Waals surface area contributed by atoms with Crippen molar-refractivity contribution in [2.75, 3.05) is 6.61 Å². The van der Waals surface area contributed by atoms with Crippen molar-refractivity contribution in [3.8, 4) is 5.75 Å². The number of thiophene rings is 1. The minimum atomic E-state index is -0.107. The third-order valence-corrected chi connectivity index (χ3v) is 5.35. The number of benzene rings is 1. The minimum absolute atomic E-state index is 0.0576. The summed E-state index contributed by atoms with van der Waals surface area (Å²) in [5.74, 6) is 0.375. The van der Waals surface area contributed by atoms with Gasteiger partial charge in [0.05, 0.1) is 12.6 Å². The van der Waals surface area contributed by atoms with E-state index in [1.807, 2.05) is 6.07 Å². The molecule has 2 rings (SSSR count). The average Bonchev–Trinajstić information content (AvgIpc) is 2.69. The molecule has 0 fully saturated rings. The molecule has 1 aromatic heterocycles. The topological polar surface area (TPSA) is 26.3 Å². The summed E-state index contributed by atoms with van der Waals surface area (Å²) in [4.78, 5) is 12.0. The van der Waals surface area contributed by atoms with Crippen LogP contribution in [0.25, 0.3) is 0 Å². The van der Waals surface area contributed by atoms with Crippen LogP contribution in [-0.4, -0.2) is 12.4 Å². The summed E-state index contributed by atoms with van der Waals surface area (Å²) in [5.41, 5.74) is 0.600. The second kappa shape index (κ2) is 6.72. The molecule has 0 saturated carbocycles. The molecule has 7 heteroatoms. The van der Waals surface area contributed by atoms with Gasteiger partial charge in [-0.2, -0.15) is 0 Å². The van der Waals surface area contributed by atoms with Crippen molar-refractivity contribution >= 4 is 76.5 Å². The molecular weight excluding hydrogens is 483 g/mol. The van der Waals surface area contributed by atoms with Gasteiger partial charge in [-0.05, 0) is 56.1 Å². The molecule has 0 N–H and O–H groups in total. The van der Waals surface area contributed by atoms with Crippen molar-refractivity contribution in [2.24, 2.45) is 0 Å². The summed E-state index contributed by atoms with van der Waals surface area (Å²) in [6.07, 6.45) is 0. The lowest BCUT2D eigenvalue weighted by molar-refractivity contribution is 0.0921. The Morgan fingerprint density at radius 1 is 1.26 bits per heavy atom. The maximum absolute atomic E-state index is 12.0. The molecule has 2 aromatic rings. The van der Waals surface area contributed by atoms with E-state index in [9.17, 15) is 4.79 Å². The van der Waals surface area contributed by atoms with E-state index in [1.165, 1.54) is 11.3 Å². The maximum Gasteiger partial charge on any atom is 0.202 e. The van der Waals surface area contributed by atoms with Crippen LogP contribution in [0, 0.1) is 0 Å². The molecule has 0 aliphatic carbocycles. The second-order valence-electron chi connectivity index (χ2n) is 3.52. The fourth-order valence-corrected chi connectivity index (χ4v) is 4.71. The van der Waals surface area contributed by atoms with E-state index in [4.69, 9.17) is 16.3 Å². The molecule has 0 radical (unpaired) electrons. The molecule has 0 spiro atoms. The van der Waals surface area contributed by atoms with Crippen LogP contribution in [0.2, 0.25) is 5.02 Å². The fraction of sp³-hybridized carbons (Fsp3) is 0.0833. The number of carbonyl (C=O) groups is 1. The van der Waals surface area contributed by atoms with Crippen molar-refractivity contribution in [3.05, 3.63) is 46.9 Å². The highest BCUT2D eigenvalue weighted by Crippen LogP contribution is 2.33. The van der Waals surface area contributed by atoms with Gasteiger partial charge in [-0.1, -0.05) is 27.5 Å². The van der Waals surface area contributed by atoms with Gasteiger partial charge in [0.2, 0.25) is 5.78 Å². The largest absolute Gasteiger partial charge is 0.484 e. The predicted molar refractivity (Wildman–Crippen MR) is 88.7 cm³/mol. The van der Waals surface area contributed by atoms with Crippen LogP contribution in [0.5, 0.6) is 5.75 Å². The van der Waals surface area contributed by atoms with Crippen LogP contribution in [0.3, 0.4) is 0 Å². The first kappa shape index (κ1) is 15.5. The lowest BCUT2D eigenvalue weighted by Gasteiger charge is -2.07. The van der Waals surface area contributed by atoms with E-state index in [-0.39, 0.29) is 12.4 Å². The molecule has 2 nitrogen and oxygen atoms in total. The van der Waals surface area contributed by atoms with Gasteiger partial charge in [-0.25, -0.2) is 0 Å². The van der Waals surface area contributed by atoms with Crippen molar-refractivity contribution in [2.45, 2.75) is 0 Å². The molecule has 0 aliphatic heterocycles. The number of ether oxygens (including phenoxy) is 1. The smallest absolute Gasteiger partial charge is 0.202 e. The molecule has 0 bridgehead atoms. The monoisotopic (exact) mass is 486 g/mol. The third-order valence-electron chi connectivity index (χ3n) is 2.21. The summed E-state index contributed by atoms with van der Waals surface area (Å²) in [5, 5.41) is 0.474. The van der Waals surface area contributed by atoms with Crippen molar-refractivity contribution in [1.29, 1.82) is 0 Å². The van der Waals surface area contributed by atoms with Crippen LogP contribution in [0.15, 0.2) is 36.3 Å². The molecule has 0 saturated heterocycles. The van der Waals surface area contributed by atoms with Crippen LogP contribution >= 0.6 is 70.7 Å². The van der Waals surface area contributed by atoms with Crippen LogP contribution in [0.4, 0.5) is 0 Å². The maximum atomic E-state index is 12.0. The summed E-state index contributed by atoms with van der Waals surface area (Å²) in [6, 6.07) is 7.02. The molecular formula is C12H6Br3ClO2S. The standard InChI is InChI=1S/C12H6Br3ClO2S/c13-6-1-2-8(16)10(3-6)18-5-9(17)7-4-11(14)19-12(7)15/h1-4H,5H2. The Balaban J connectivity index is 2.08. The number of hydrogen-bond acceptors (Lipinski definition) is 3. The highest BCUT2D eigenvalue weighted by Gasteiger charge is 2.15. The Kier molecular flexibility index (Phi) is 5.48. The quantitative estimate of drug-likeness (QED) is 0.497. The third kappa shape index (κ3) is 4.04. The summed E-state index contributed by atoms with van der Waals surface area (Å²) >= 11 is 17.5. The van der Waals surface area contributed by atoms with Crippen molar-refractivity contribution in [1.82, 2.24) is 0 Å². The SMILES string of the molecule is O=C(COc1cc(Br)ccc1Cl)c1cc(Br)sc1Br. The van der Waals surface area contributed by atoms with E-state index in [2.05, 4.69) is 47.8 Å². The Morgan fingerprint density at radius 3 is 2.63 bits per heavy atom. The zero-order chi connectivity index (χ0) is 14.0. The van der Waals surface area contributed by atoms with Gasteiger partial charge in [0, 0.05) is 10.0 Å². The van der Waals surface area contributed by atoms with Gasteiger partial charge in [-0.15, -0.1) is 11.3 Å². The number of ketones is 1. The first-order valence-electron chi connectivity index (χ1n) is 5.03. The molecule has 0 atom stereocenters. The summed E-state index contributed by atoms with van der Waals surface area (Å²) in [7, 11) is 0. The molecule has 19 heavy (non-hydrogen) atoms. The molecule has 100 valence electrons. The predicted octanol–water partition coefficient (Wildman–Crippen LogP) is 5.95. The Labute approximate surface area is 144 Å².